The molecule has 0 aliphatic carbocycles. The van der Waals surface area contributed by atoms with Crippen molar-refractivity contribution in [2.45, 2.75) is 64.6 Å². The zero-order chi connectivity index (χ0) is 25.2. The lowest BCUT2D eigenvalue weighted by atomic mass is 9.79. The van der Waals surface area contributed by atoms with Crippen molar-refractivity contribution in [3.63, 3.8) is 0 Å². The standard InChI is InChI=1S/C31H34ClN3O/c1-30(2,3)24-15-20(16-25-29(24)36-34-31(25,4)5)28-27-22(23-17-21(32)11-12-26(23)33-27)13-14-35(28)18-19-9-7-6-8-10-19/h6-12,15-17,28,33-34H,13-14,18H2,1-5H3. The number of aromatic nitrogens is 1. The number of hydrogen-bond acceptors (Lipinski definition) is 3. The van der Waals surface area contributed by atoms with Crippen LogP contribution >= 0.6 is 11.6 Å². The number of halogens is 1. The average Bonchev–Trinajstić information content (AvgIpc) is 3.35. The molecule has 2 aliphatic heterocycles. The molecule has 0 radical (unpaired) electrons. The summed E-state index contributed by atoms with van der Waals surface area (Å²) >= 11 is 6.43. The van der Waals surface area contributed by atoms with Crippen molar-refractivity contribution in [2.24, 2.45) is 0 Å². The number of rotatable bonds is 3. The summed E-state index contributed by atoms with van der Waals surface area (Å²) in [5.41, 5.74) is 11.8. The molecule has 2 N–H and O–H groups in total. The maximum atomic E-state index is 6.43. The lowest BCUT2D eigenvalue weighted by Gasteiger charge is -2.37. The van der Waals surface area contributed by atoms with E-state index in [0.29, 0.717) is 0 Å². The quantitative estimate of drug-likeness (QED) is 0.308. The van der Waals surface area contributed by atoms with Crippen molar-refractivity contribution >= 4 is 22.5 Å². The fraction of sp³-hybridized carbons (Fsp3) is 0.355. The molecule has 6 rings (SSSR count). The summed E-state index contributed by atoms with van der Waals surface area (Å²) in [6.45, 7) is 13.0. The maximum Gasteiger partial charge on any atom is 0.156 e. The van der Waals surface area contributed by atoms with Gasteiger partial charge in [0.1, 0.15) is 0 Å². The van der Waals surface area contributed by atoms with Crippen molar-refractivity contribution < 1.29 is 4.84 Å². The van der Waals surface area contributed by atoms with Gasteiger partial charge in [0.05, 0.1) is 11.6 Å². The fourth-order valence-electron chi connectivity index (χ4n) is 5.85. The normalized spacial score (nSPS) is 19.2. The number of nitrogens with zero attached hydrogens (tertiary/aromatic N) is 1. The van der Waals surface area contributed by atoms with E-state index in [1.807, 2.05) is 6.07 Å². The van der Waals surface area contributed by atoms with E-state index < -0.39 is 0 Å². The van der Waals surface area contributed by atoms with Gasteiger partial charge in [-0.05, 0) is 72.7 Å². The maximum absolute atomic E-state index is 6.43. The molecule has 186 valence electrons. The Balaban J connectivity index is 1.57. The highest BCUT2D eigenvalue weighted by molar-refractivity contribution is 6.31. The summed E-state index contributed by atoms with van der Waals surface area (Å²) < 4.78 is 0. The number of hydroxylamine groups is 1. The van der Waals surface area contributed by atoms with E-state index in [9.17, 15) is 0 Å². The largest absolute Gasteiger partial charge is 0.407 e. The molecule has 0 amide bonds. The molecule has 1 aromatic heterocycles. The van der Waals surface area contributed by atoms with Crippen LogP contribution in [0.5, 0.6) is 5.75 Å². The zero-order valence-electron chi connectivity index (χ0n) is 21.7. The molecule has 2 aliphatic rings. The van der Waals surface area contributed by atoms with Gasteiger partial charge in [-0.3, -0.25) is 4.90 Å². The number of aromatic amines is 1. The molecule has 5 heteroatoms. The highest BCUT2D eigenvalue weighted by Gasteiger charge is 2.39. The van der Waals surface area contributed by atoms with Gasteiger partial charge < -0.3 is 9.82 Å². The van der Waals surface area contributed by atoms with Gasteiger partial charge in [0, 0.05) is 45.8 Å². The molecular formula is C31H34ClN3O. The summed E-state index contributed by atoms with van der Waals surface area (Å²) in [5.74, 6) is 0.977. The molecule has 0 spiro atoms. The van der Waals surface area contributed by atoms with Crippen LogP contribution < -0.4 is 10.3 Å². The van der Waals surface area contributed by atoms with Crippen molar-refractivity contribution in [1.29, 1.82) is 0 Å². The van der Waals surface area contributed by atoms with Crippen LogP contribution in [0.4, 0.5) is 0 Å². The first-order valence-electron chi connectivity index (χ1n) is 12.8. The Morgan fingerprint density at radius 1 is 1.06 bits per heavy atom. The van der Waals surface area contributed by atoms with Crippen LogP contribution in [0, 0.1) is 0 Å². The van der Waals surface area contributed by atoms with Gasteiger partial charge in [0.2, 0.25) is 0 Å². The lowest BCUT2D eigenvalue weighted by molar-refractivity contribution is 0.148. The molecule has 1 atom stereocenters. The summed E-state index contributed by atoms with van der Waals surface area (Å²) in [6, 6.07) is 21.8. The van der Waals surface area contributed by atoms with Gasteiger partial charge in [-0.25, -0.2) is 0 Å². The second-order valence-electron chi connectivity index (χ2n) is 11.8. The number of benzene rings is 3. The Bertz CT molecular complexity index is 1450. The highest BCUT2D eigenvalue weighted by atomic mass is 35.5. The third kappa shape index (κ3) is 3.92. The van der Waals surface area contributed by atoms with Gasteiger partial charge in [-0.1, -0.05) is 62.7 Å². The first-order valence-corrected chi connectivity index (χ1v) is 13.2. The van der Waals surface area contributed by atoms with Gasteiger partial charge >= 0.3 is 0 Å². The smallest absolute Gasteiger partial charge is 0.156 e. The van der Waals surface area contributed by atoms with E-state index in [4.69, 9.17) is 16.4 Å². The van der Waals surface area contributed by atoms with E-state index >= 15 is 0 Å². The molecule has 1 unspecified atom stereocenters. The molecule has 3 heterocycles. The minimum atomic E-state index is -0.263. The van der Waals surface area contributed by atoms with Crippen LogP contribution in [0.3, 0.4) is 0 Å². The molecule has 0 saturated heterocycles. The molecular weight excluding hydrogens is 466 g/mol. The highest BCUT2D eigenvalue weighted by Crippen LogP contribution is 2.47. The zero-order valence-corrected chi connectivity index (χ0v) is 22.5. The third-order valence-electron chi connectivity index (χ3n) is 7.73. The second-order valence-corrected chi connectivity index (χ2v) is 12.3. The van der Waals surface area contributed by atoms with Crippen molar-refractivity contribution in [1.82, 2.24) is 15.4 Å². The molecule has 3 aromatic carbocycles. The number of nitrogens with one attached hydrogen (secondary N) is 2. The Labute approximate surface area is 218 Å². The number of hydrogen-bond donors (Lipinski definition) is 2. The van der Waals surface area contributed by atoms with E-state index in [0.717, 1.165) is 35.8 Å². The minimum Gasteiger partial charge on any atom is -0.407 e. The second kappa shape index (κ2) is 8.37. The van der Waals surface area contributed by atoms with Crippen LogP contribution in [-0.2, 0) is 23.9 Å². The van der Waals surface area contributed by atoms with Crippen molar-refractivity contribution in [2.75, 3.05) is 6.54 Å². The van der Waals surface area contributed by atoms with Gasteiger partial charge in [0.15, 0.2) is 5.75 Å². The van der Waals surface area contributed by atoms with Crippen LogP contribution in [0.25, 0.3) is 10.9 Å². The summed E-state index contributed by atoms with van der Waals surface area (Å²) in [6.07, 6.45) is 0.992. The summed E-state index contributed by atoms with van der Waals surface area (Å²) in [4.78, 5) is 12.5. The Morgan fingerprint density at radius 2 is 1.83 bits per heavy atom. The first kappa shape index (κ1) is 23.6. The van der Waals surface area contributed by atoms with Gasteiger partial charge in [0.25, 0.3) is 0 Å². The monoisotopic (exact) mass is 499 g/mol. The van der Waals surface area contributed by atoms with Crippen LogP contribution in [0.15, 0.2) is 60.7 Å². The Hall–Kier alpha value is -2.79. The molecule has 36 heavy (non-hydrogen) atoms. The van der Waals surface area contributed by atoms with Crippen LogP contribution in [0.2, 0.25) is 5.02 Å². The average molecular weight is 500 g/mol. The Morgan fingerprint density at radius 3 is 2.58 bits per heavy atom. The SMILES string of the molecule is CC(C)(C)c1cc(C2c3[nH]c4ccc(Cl)cc4c3CCN2Cc2ccccc2)cc2c1ONC2(C)C. The molecule has 0 fully saturated rings. The fourth-order valence-corrected chi connectivity index (χ4v) is 6.02. The summed E-state index contributed by atoms with van der Waals surface area (Å²) in [7, 11) is 0. The topological polar surface area (TPSA) is 40.3 Å². The summed E-state index contributed by atoms with van der Waals surface area (Å²) in [5, 5.41) is 2.02. The Kier molecular flexibility index (Phi) is 5.49. The number of fused-ring (bicyclic) bond motifs is 4. The lowest BCUT2D eigenvalue weighted by Crippen LogP contribution is -2.36. The van der Waals surface area contributed by atoms with E-state index in [2.05, 4.69) is 105 Å². The minimum absolute atomic E-state index is 0.0576. The van der Waals surface area contributed by atoms with Gasteiger partial charge in [-0.15, -0.1) is 5.48 Å². The number of H-pyrrole nitrogens is 1. The predicted molar refractivity (Wildman–Crippen MR) is 148 cm³/mol. The molecule has 0 saturated carbocycles. The van der Waals surface area contributed by atoms with E-state index in [1.165, 1.54) is 38.9 Å². The molecule has 4 aromatic rings. The molecule has 4 nitrogen and oxygen atoms in total. The van der Waals surface area contributed by atoms with E-state index in [1.54, 1.807) is 0 Å². The van der Waals surface area contributed by atoms with Crippen molar-refractivity contribution in [3.05, 3.63) is 99.2 Å². The van der Waals surface area contributed by atoms with Crippen LogP contribution in [0.1, 0.15) is 74.2 Å². The van der Waals surface area contributed by atoms with Gasteiger partial charge in [-0.2, -0.15) is 0 Å². The first-order chi connectivity index (χ1) is 17.1. The predicted octanol–water partition coefficient (Wildman–Crippen LogP) is 7.40. The molecule has 0 bridgehead atoms. The van der Waals surface area contributed by atoms with E-state index in [-0.39, 0.29) is 17.0 Å². The van der Waals surface area contributed by atoms with Crippen LogP contribution in [-0.4, -0.2) is 16.4 Å². The van der Waals surface area contributed by atoms with Crippen molar-refractivity contribution in [3.8, 4) is 5.75 Å². The third-order valence-corrected chi connectivity index (χ3v) is 7.97.